The Balaban J connectivity index is 1.98. The van der Waals surface area contributed by atoms with E-state index in [9.17, 15) is 9.59 Å². The van der Waals surface area contributed by atoms with Gasteiger partial charge in [-0.15, -0.1) is 0 Å². The van der Waals surface area contributed by atoms with Gasteiger partial charge in [-0.3, -0.25) is 14.6 Å². The molecule has 0 radical (unpaired) electrons. The van der Waals surface area contributed by atoms with E-state index in [1.54, 1.807) is 48.5 Å². The Kier molecular flexibility index (Phi) is 5.62. The van der Waals surface area contributed by atoms with Gasteiger partial charge in [-0.1, -0.05) is 18.2 Å². The Hall–Kier alpha value is -3.46. The summed E-state index contributed by atoms with van der Waals surface area (Å²) >= 11 is 0. The quantitative estimate of drug-likeness (QED) is 0.449. The molecule has 136 valence electrons. The zero-order valence-corrected chi connectivity index (χ0v) is 15.0. The lowest BCUT2D eigenvalue weighted by molar-refractivity contribution is -0.118. The van der Waals surface area contributed by atoms with Crippen LogP contribution in [0, 0.1) is 11.3 Å². The van der Waals surface area contributed by atoms with Crippen LogP contribution in [0.2, 0.25) is 0 Å². The summed E-state index contributed by atoms with van der Waals surface area (Å²) in [7, 11) is 0. The molecule has 1 heterocycles. The maximum absolute atomic E-state index is 13.1. The summed E-state index contributed by atoms with van der Waals surface area (Å²) in [6.45, 7) is 2.74. The molecule has 6 heteroatoms. The van der Waals surface area contributed by atoms with Crippen molar-refractivity contribution in [2.45, 2.75) is 19.3 Å². The Morgan fingerprint density at radius 2 is 1.93 bits per heavy atom. The smallest absolute Gasteiger partial charge is 0.265 e. The average molecular weight is 361 g/mol. The van der Waals surface area contributed by atoms with Gasteiger partial charge in [0.1, 0.15) is 5.75 Å². The van der Waals surface area contributed by atoms with Crippen molar-refractivity contribution in [3.63, 3.8) is 0 Å². The van der Waals surface area contributed by atoms with E-state index in [2.05, 4.69) is 4.99 Å². The number of imide groups is 1. The van der Waals surface area contributed by atoms with Gasteiger partial charge in [0.15, 0.2) is 0 Å². The van der Waals surface area contributed by atoms with Crippen molar-refractivity contribution in [2.24, 2.45) is 4.99 Å². The zero-order chi connectivity index (χ0) is 19.2. The van der Waals surface area contributed by atoms with Gasteiger partial charge >= 0.3 is 0 Å². The number of fused-ring (bicyclic) bond motifs is 1. The predicted octanol–water partition coefficient (Wildman–Crippen LogP) is 3.34. The molecule has 0 fully saturated rings. The van der Waals surface area contributed by atoms with Gasteiger partial charge in [-0.2, -0.15) is 5.26 Å². The maximum Gasteiger partial charge on any atom is 0.265 e. The van der Waals surface area contributed by atoms with Crippen molar-refractivity contribution in [3.8, 4) is 11.8 Å². The second-order valence-corrected chi connectivity index (χ2v) is 5.93. The molecule has 0 unspecified atom stereocenters. The van der Waals surface area contributed by atoms with Gasteiger partial charge in [0.2, 0.25) is 5.91 Å². The maximum atomic E-state index is 13.1. The van der Waals surface area contributed by atoms with E-state index < -0.39 is 5.92 Å². The first-order chi connectivity index (χ1) is 13.2. The molecule has 0 saturated heterocycles. The van der Waals surface area contributed by atoms with E-state index in [-0.39, 0.29) is 18.2 Å². The Morgan fingerprint density at radius 1 is 1.19 bits per heavy atom. The number of amides is 2. The SMILES string of the molecule is CCOc1ccc(N2C(=O)c3ccccc3[C@H](C=NCCC#N)C2=O)cc1. The molecule has 27 heavy (non-hydrogen) atoms. The fourth-order valence-corrected chi connectivity index (χ4v) is 3.00. The molecule has 1 aliphatic heterocycles. The Bertz CT molecular complexity index is 913. The number of carbonyl (C=O) groups excluding carboxylic acids is 2. The van der Waals surface area contributed by atoms with Crippen LogP contribution in [0.25, 0.3) is 0 Å². The van der Waals surface area contributed by atoms with Crippen LogP contribution < -0.4 is 9.64 Å². The molecule has 0 spiro atoms. The van der Waals surface area contributed by atoms with E-state index in [0.717, 1.165) is 0 Å². The standard InChI is InChI=1S/C21H19N3O3/c1-2-27-16-10-8-15(9-11-16)24-20(25)18-7-4-3-6-17(18)19(21(24)26)14-23-13-5-12-22/h3-4,6-11,14,19H,2,5,13H2,1H3/t19-/m0/s1. The van der Waals surface area contributed by atoms with Crippen molar-refractivity contribution in [1.29, 1.82) is 5.26 Å². The number of ether oxygens (including phenoxy) is 1. The number of anilines is 1. The molecule has 0 aromatic heterocycles. The van der Waals surface area contributed by atoms with E-state index in [4.69, 9.17) is 10.00 Å². The molecule has 1 atom stereocenters. The molecule has 0 aliphatic carbocycles. The van der Waals surface area contributed by atoms with Crippen molar-refractivity contribution < 1.29 is 14.3 Å². The molecular weight excluding hydrogens is 342 g/mol. The number of aliphatic imine (C=N–C) groups is 1. The summed E-state index contributed by atoms with van der Waals surface area (Å²) in [4.78, 5) is 31.4. The molecular formula is C21H19N3O3. The van der Waals surface area contributed by atoms with Crippen LogP contribution in [0.1, 0.15) is 35.2 Å². The van der Waals surface area contributed by atoms with Gasteiger partial charge < -0.3 is 4.74 Å². The summed E-state index contributed by atoms with van der Waals surface area (Å²) in [6, 6.07) is 15.9. The molecule has 2 aromatic rings. The third kappa shape index (κ3) is 3.72. The fraction of sp³-hybridized carbons (Fsp3) is 0.238. The minimum Gasteiger partial charge on any atom is -0.494 e. The monoisotopic (exact) mass is 361 g/mol. The molecule has 0 N–H and O–H groups in total. The van der Waals surface area contributed by atoms with Crippen molar-refractivity contribution >= 4 is 23.7 Å². The van der Waals surface area contributed by atoms with E-state index in [0.29, 0.717) is 35.7 Å². The topological polar surface area (TPSA) is 82.8 Å². The van der Waals surface area contributed by atoms with E-state index in [1.165, 1.54) is 11.1 Å². The first kappa shape index (κ1) is 18.3. The lowest BCUT2D eigenvalue weighted by atomic mass is 9.89. The van der Waals surface area contributed by atoms with Gasteiger partial charge in [-0.05, 0) is 42.8 Å². The van der Waals surface area contributed by atoms with E-state index in [1.807, 2.05) is 13.0 Å². The largest absolute Gasteiger partial charge is 0.494 e. The first-order valence-electron chi connectivity index (χ1n) is 8.74. The highest BCUT2D eigenvalue weighted by atomic mass is 16.5. The van der Waals surface area contributed by atoms with Crippen molar-refractivity contribution in [1.82, 2.24) is 0 Å². The normalized spacial score (nSPS) is 16.3. The Labute approximate surface area is 157 Å². The second kappa shape index (κ2) is 8.28. The molecule has 1 aliphatic rings. The summed E-state index contributed by atoms with van der Waals surface area (Å²) in [5.41, 5.74) is 1.59. The average Bonchev–Trinajstić information content (AvgIpc) is 2.69. The van der Waals surface area contributed by atoms with Crippen LogP contribution in [0.5, 0.6) is 5.75 Å². The predicted molar refractivity (Wildman–Crippen MR) is 102 cm³/mol. The third-order valence-electron chi connectivity index (χ3n) is 4.23. The number of carbonyl (C=O) groups is 2. The highest BCUT2D eigenvalue weighted by Gasteiger charge is 2.38. The summed E-state index contributed by atoms with van der Waals surface area (Å²) in [5, 5.41) is 8.65. The van der Waals surface area contributed by atoms with Crippen LogP contribution in [0.4, 0.5) is 5.69 Å². The molecule has 2 amide bonds. The van der Waals surface area contributed by atoms with Crippen molar-refractivity contribution in [2.75, 3.05) is 18.1 Å². The van der Waals surface area contributed by atoms with Crippen LogP contribution in [-0.2, 0) is 4.79 Å². The molecule has 6 nitrogen and oxygen atoms in total. The van der Waals surface area contributed by atoms with Crippen molar-refractivity contribution in [3.05, 3.63) is 59.7 Å². The van der Waals surface area contributed by atoms with Crippen LogP contribution in [0.15, 0.2) is 53.5 Å². The first-order valence-corrected chi connectivity index (χ1v) is 8.74. The minimum atomic E-state index is -0.663. The van der Waals surface area contributed by atoms with Gasteiger partial charge in [-0.25, -0.2) is 4.90 Å². The van der Waals surface area contributed by atoms with Gasteiger partial charge in [0.05, 0.1) is 37.2 Å². The van der Waals surface area contributed by atoms with Gasteiger partial charge in [0.25, 0.3) is 5.91 Å². The van der Waals surface area contributed by atoms with Gasteiger partial charge in [0, 0.05) is 11.8 Å². The van der Waals surface area contributed by atoms with Crippen LogP contribution in [-0.4, -0.2) is 31.2 Å². The molecule has 2 aromatic carbocycles. The number of hydrogen-bond donors (Lipinski definition) is 0. The van der Waals surface area contributed by atoms with Crippen LogP contribution >= 0.6 is 0 Å². The minimum absolute atomic E-state index is 0.278. The fourth-order valence-electron chi connectivity index (χ4n) is 3.00. The number of nitriles is 1. The number of rotatable bonds is 6. The second-order valence-electron chi connectivity index (χ2n) is 5.93. The highest BCUT2D eigenvalue weighted by molar-refractivity contribution is 6.29. The lowest BCUT2D eigenvalue weighted by Crippen LogP contribution is -2.45. The third-order valence-corrected chi connectivity index (χ3v) is 4.23. The molecule has 3 rings (SSSR count). The highest BCUT2D eigenvalue weighted by Crippen LogP contribution is 2.32. The van der Waals surface area contributed by atoms with Crippen LogP contribution in [0.3, 0.4) is 0 Å². The zero-order valence-electron chi connectivity index (χ0n) is 15.0. The lowest BCUT2D eigenvalue weighted by Gasteiger charge is -2.31. The molecule has 0 bridgehead atoms. The number of nitrogens with zero attached hydrogens (tertiary/aromatic N) is 3. The number of hydrogen-bond acceptors (Lipinski definition) is 5. The molecule has 0 saturated carbocycles. The van der Waals surface area contributed by atoms with E-state index >= 15 is 0 Å². The Morgan fingerprint density at radius 3 is 2.63 bits per heavy atom. The number of benzene rings is 2. The summed E-state index contributed by atoms with van der Waals surface area (Å²) < 4.78 is 5.42. The summed E-state index contributed by atoms with van der Waals surface area (Å²) in [5.74, 6) is -0.706. The summed E-state index contributed by atoms with van der Waals surface area (Å²) in [6.07, 6.45) is 1.81.